The molecule has 5 nitrogen and oxygen atoms in total. The van der Waals surface area contributed by atoms with Crippen molar-refractivity contribution in [2.24, 2.45) is 5.92 Å². The minimum atomic E-state index is -0.398. The van der Waals surface area contributed by atoms with Gasteiger partial charge in [-0.15, -0.1) is 5.10 Å². The molecule has 36 heavy (non-hydrogen) atoms. The number of carbonyl (C=O) groups is 1. The van der Waals surface area contributed by atoms with E-state index in [1.807, 2.05) is 18.2 Å². The number of nitrogens with zero attached hydrogens (tertiary/aromatic N) is 3. The zero-order chi connectivity index (χ0) is 25.5. The molecule has 0 saturated carbocycles. The number of nitrogens with one attached hydrogen (secondary N) is 1. The highest BCUT2D eigenvalue weighted by Gasteiger charge is 2.21. The molecule has 0 radical (unpaired) electrons. The molecular weight excluding hydrogens is 458 g/mol. The first-order valence-corrected chi connectivity index (χ1v) is 12.6. The number of carbonyl (C=O) groups excluding carboxylic acids is 1. The summed E-state index contributed by atoms with van der Waals surface area (Å²) in [6.45, 7) is 4.92. The SMILES string of the molecule is CCCCCC[C@H](C)CN(Cc1cc(-c2ccc3[nH]nnc3c2)ccc1F)C(=O)c1ccc(F)cc1. The fourth-order valence-electron chi connectivity index (χ4n) is 4.48. The Balaban J connectivity index is 1.58. The van der Waals surface area contributed by atoms with Crippen molar-refractivity contribution in [2.75, 3.05) is 6.54 Å². The van der Waals surface area contributed by atoms with Crippen molar-refractivity contribution in [3.8, 4) is 11.1 Å². The molecule has 0 spiro atoms. The van der Waals surface area contributed by atoms with Crippen molar-refractivity contribution in [3.05, 3.63) is 83.4 Å². The number of rotatable bonds is 11. The third-order valence-electron chi connectivity index (χ3n) is 6.53. The number of hydrogen-bond donors (Lipinski definition) is 1. The van der Waals surface area contributed by atoms with Crippen LogP contribution < -0.4 is 0 Å². The lowest BCUT2D eigenvalue weighted by molar-refractivity contribution is 0.0713. The van der Waals surface area contributed by atoms with E-state index in [2.05, 4.69) is 29.3 Å². The predicted molar refractivity (Wildman–Crippen MR) is 138 cm³/mol. The Kier molecular flexibility index (Phi) is 8.41. The first kappa shape index (κ1) is 25.5. The van der Waals surface area contributed by atoms with E-state index in [1.165, 1.54) is 49.6 Å². The summed E-state index contributed by atoms with van der Waals surface area (Å²) in [4.78, 5) is 15.1. The van der Waals surface area contributed by atoms with Crippen LogP contribution >= 0.6 is 0 Å². The summed E-state index contributed by atoms with van der Waals surface area (Å²) in [6.07, 6.45) is 5.63. The predicted octanol–water partition coefficient (Wildman–Crippen LogP) is 7.15. The Morgan fingerprint density at radius 2 is 1.72 bits per heavy atom. The summed E-state index contributed by atoms with van der Waals surface area (Å²) in [5.74, 6) is -0.740. The van der Waals surface area contributed by atoms with Crippen molar-refractivity contribution in [1.29, 1.82) is 0 Å². The van der Waals surface area contributed by atoms with Crippen LogP contribution in [0, 0.1) is 17.6 Å². The van der Waals surface area contributed by atoms with Gasteiger partial charge in [0.15, 0.2) is 0 Å². The fraction of sp³-hybridized carbons (Fsp3) is 0.345. The molecule has 7 heteroatoms. The number of amides is 1. The minimum Gasteiger partial charge on any atom is -0.334 e. The largest absolute Gasteiger partial charge is 0.334 e. The molecule has 1 aromatic heterocycles. The zero-order valence-electron chi connectivity index (χ0n) is 20.8. The monoisotopic (exact) mass is 490 g/mol. The Morgan fingerprint density at radius 3 is 2.50 bits per heavy atom. The van der Waals surface area contributed by atoms with E-state index < -0.39 is 5.82 Å². The summed E-state index contributed by atoms with van der Waals surface area (Å²) in [5.41, 5.74) is 4.09. The van der Waals surface area contributed by atoms with Crippen LogP contribution in [0.3, 0.4) is 0 Å². The third kappa shape index (κ3) is 6.33. The molecule has 0 fully saturated rings. The van der Waals surface area contributed by atoms with Crippen molar-refractivity contribution in [2.45, 2.75) is 52.5 Å². The molecule has 1 atom stereocenters. The number of halogens is 2. The van der Waals surface area contributed by atoms with Crippen LogP contribution in [0.15, 0.2) is 60.7 Å². The first-order chi connectivity index (χ1) is 17.4. The van der Waals surface area contributed by atoms with E-state index in [0.29, 0.717) is 17.7 Å². The van der Waals surface area contributed by atoms with Gasteiger partial charge in [-0.3, -0.25) is 9.89 Å². The Bertz CT molecular complexity index is 1300. The number of fused-ring (bicyclic) bond motifs is 1. The Hall–Kier alpha value is -3.61. The maximum Gasteiger partial charge on any atom is 0.254 e. The number of H-pyrrole nitrogens is 1. The van der Waals surface area contributed by atoms with Gasteiger partial charge in [0.05, 0.1) is 5.52 Å². The minimum absolute atomic E-state index is 0.126. The molecule has 0 aliphatic heterocycles. The molecule has 0 bridgehead atoms. The second kappa shape index (κ2) is 11.9. The molecule has 0 saturated heterocycles. The Morgan fingerprint density at radius 1 is 0.972 bits per heavy atom. The number of aromatic nitrogens is 3. The molecule has 4 rings (SSSR count). The molecule has 3 aromatic carbocycles. The summed E-state index contributed by atoms with van der Waals surface area (Å²) in [7, 11) is 0. The molecule has 1 heterocycles. The van der Waals surface area contributed by atoms with Gasteiger partial charge in [0.25, 0.3) is 5.91 Å². The second-order valence-electron chi connectivity index (χ2n) is 9.50. The summed E-state index contributed by atoms with van der Waals surface area (Å²) in [6, 6.07) is 16.2. The van der Waals surface area contributed by atoms with Crippen LogP contribution in [0.1, 0.15) is 61.9 Å². The van der Waals surface area contributed by atoms with Crippen molar-refractivity contribution < 1.29 is 13.6 Å². The van der Waals surface area contributed by atoms with Gasteiger partial charge < -0.3 is 4.90 Å². The van der Waals surface area contributed by atoms with E-state index in [-0.39, 0.29) is 24.2 Å². The molecule has 1 N–H and O–H groups in total. The summed E-state index contributed by atoms with van der Waals surface area (Å²) in [5, 5.41) is 10.7. The number of unbranched alkanes of at least 4 members (excludes halogenated alkanes) is 3. The smallest absolute Gasteiger partial charge is 0.254 e. The normalized spacial score (nSPS) is 12.1. The number of benzene rings is 3. The Labute approximate surface area is 210 Å². The van der Waals surface area contributed by atoms with Crippen molar-refractivity contribution in [1.82, 2.24) is 20.3 Å². The van der Waals surface area contributed by atoms with Gasteiger partial charge in [0.2, 0.25) is 0 Å². The maximum absolute atomic E-state index is 15.0. The van der Waals surface area contributed by atoms with Crippen molar-refractivity contribution >= 4 is 16.9 Å². The van der Waals surface area contributed by atoms with Gasteiger partial charge in [0, 0.05) is 24.2 Å². The second-order valence-corrected chi connectivity index (χ2v) is 9.50. The van der Waals surface area contributed by atoms with Gasteiger partial charge in [0.1, 0.15) is 17.2 Å². The van der Waals surface area contributed by atoms with Crippen LogP contribution in [0.25, 0.3) is 22.2 Å². The molecule has 0 unspecified atom stereocenters. The summed E-state index contributed by atoms with van der Waals surface area (Å²) >= 11 is 0. The van der Waals surface area contributed by atoms with E-state index in [0.717, 1.165) is 35.0 Å². The molecule has 0 aliphatic rings. The van der Waals surface area contributed by atoms with Gasteiger partial charge in [-0.05, 0) is 72.0 Å². The lowest BCUT2D eigenvalue weighted by Gasteiger charge is -2.27. The van der Waals surface area contributed by atoms with Gasteiger partial charge >= 0.3 is 0 Å². The van der Waals surface area contributed by atoms with Crippen LogP contribution in [0.5, 0.6) is 0 Å². The van der Waals surface area contributed by atoms with Crippen LogP contribution in [-0.4, -0.2) is 32.8 Å². The lowest BCUT2D eigenvalue weighted by Crippen LogP contribution is -2.34. The molecule has 0 aliphatic carbocycles. The average Bonchev–Trinajstić information content (AvgIpc) is 3.35. The highest BCUT2D eigenvalue weighted by atomic mass is 19.1. The highest BCUT2D eigenvalue weighted by molar-refractivity contribution is 5.94. The third-order valence-corrected chi connectivity index (χ3v) is 6.53. The van der Waals surface area contributed by atoms with Crippen molar-refractivity contribution in [3.63, 3.8) is 0 Å². The standard InChI is InChI=1S/C29H32F2N4O/c1-3-4-5-6-7-20(2)18-35(29(36)21-8-12-25(30)13-9-21)19-24-16-22(10-14-26(24)31)23-11-15-27-28(17-23)33-34-32-27/h8-17,20H,3-7,18-19H2,1-2H3,(H,32,33,34)/t20-/m0/s1. The van der Waals surface area contributed by atoms with Crippen LogP contribution in [0.2, 0.25) is 0 Å². The quantitative estimate of drug-likeness (QED) is 0.227. The van der Waals surface area contributed by atoms with E-state index in [9.17, 15) is 13.6 Å². The number of aromatic amines is 1. The van der Waals surface area contributed by atoms with Gasteiger partial charge in [-0.1, -0.05) is 56.9 Å². The molecule has 188 valence electrons. The summed E-state index contributed by atoms with van der Waals surface area (Å²) < 4.78 is 28.4. The van der Waals surface area contributed by atoms with Gasteiger partial charge in [-0.2, -0.15) is 0 Å². The first-order valence-electron chi connectivity index (χ1n) is 12.6. The lowest BCUT2D eigenvalue weighted by atomic mass is 9.99. The average molecular weight is 491 g/mol. The zero-order valence-corrected chi connectivity index (χ0v) is 20.8. The van der Waals surface area contributed by atoms with Gasteiger partial charge in [-0.25, -0.2) is 8.78 Å². The van der Waals surface area contributed by atoms with Crippen LogP contribution in [-0.2, 0) is 6.54 Å². The van der Waals surface area contributed by atoms with E-state index in [4.69, 9.17) is 0 Å². The maximum atomic E-state index is 15.0. The molecule has 4 aromatic rings. The topological polar surface area (TPSA) is 61.9 Å². The molecule has 1 amide bonds. The number of hydrogen-bond acceptors (Lipinski definition) is 3. The van der Waals surface area contributed by atoms with E-state index in [1.54, 1.807) is 17.0 Å². The van der Waals surface area contributed by atoms with E-state index >= 15 is 0 Å². The fourth-order valence-corrected chi connectivity index (χ4v) is 4.48. The molecular formula is C29H32F2N4O. The van der Waals surface area contributed by atoms with Crippen LogP contribution in [0.4, 0.5) is 8.78 Å². The highest BCUT2D eigenvalue weighted by Crippen LogP contribution is 2.26.